The van der Waals surface area contributed by atoms with Gasteiger partial charge in [-0.05, 0) is 38.0 Å². The Kier molecular flexibility index (Phi) is 6.89. The van der Waals surface area contributed by atoms with Crippen LogP contribution in [0.3, 0.4) is 0 Å². The summed E-state index contributed by atoms with van der Waals surface area (Å²) in [4.78, 5) is 20.9. The molecule has 0 aliphatic carbocycles. The second-order valence-electron chi connectivity index (χ2n) is 8.07. The number of hydrogen-bond acceptors (Lipinski definition) is 7. The fraction of sp³-hybridized carbons (Fsp3) is 0.500. The molecule has 1 aromatic carbocycles. The number of carbonyl (C=O) groups is 1. The first-order chi connectivity index (χ1) is 15.5. The van der Waals surface area contributed by atoms with Crippen molar-refractivity contribution in [2.45, 2.75) is 44.8 Å². The molecule has 2 aliphatic rings. The van der Waals surface area contributed by atoms with Crippen LogP contribution in [0.25, 0.3) is 0 Å². The second-order valence-corrected chi connectivity index (χ2v) is 8.07. The summed E-state index contributed by atoms with van der Waals surface area (Å²) in [6.45, 7) is 4.10. The third-order valence-electron chi connectivity index (χ3n) is 5.81. The molecule has 3 N–H and O–H groups in total. The molecule has 3 heterocycles. The molecule has 0 saturated carbocycles. The number of piperidine rings is 1. The van der Waals surface area contributed by atoms with Crippen LogP contribution in [0.4, 0.5) is 26.4 Å². The lowest BCUT2D eigenvalue weighted by Gasteiger charge is -2.30. The summed E-state index contributed by atoms with van der Waals surface area (Å²) < 4.78 is 26.3. The zero-order valence-electron chi connectivity index (χ0n) is 18.0. The van der Waals surface area contributed by atoms with Crippen molar-refractivity contribution in [2.24, 2.45) is 0 Å². The monoisotopic (exact) mass is 445 g/mol. The molecule has 0 bridgehead atoms. The molecular formula is C22H28FN5O4. The number of nitrogens with zero attached hydrogens (tertiary/aromatic N) is 3. The maximum atomic E-state index is 14.7. The van der Waals surface area contributed by atoms with Gasteiger partial charge in [0.2, 0.25) is 5.88 Å². The molecule has 2 saturated heterocycles. The molecule has 10 heteroatoms. The number of halogens is 1. The van der Waals surface area contributed by atoms with Gasteiger partial charge in [0.1, 0.15) is 24.1 Å². The van der Waals surface area contributed by atoms with E-state index in [9.17, 15) is 9.18 Å². The third-order valence-corrected chi connectivity index (χ3v) is 5.81. The molecule has 172 valence electrons. The van der Waals surface area contributed by atoms with E-state index in [1.807, 2.05) is 6.07 Å². The zero-order valence-corrected chi connectivity index (χ0v) is 18.0. The van der Waals surface area contributed by atoms with Gasteiger partial charge in [0.15, 0.2) is 0 Å². The van der Waals surface area contributed by atoms with Gasteiger partial charge in [-0.15, -0.1) is 0 Å². The van der Waals surface area contributed by atoms with Gasteiger partial charge in [-0.3, -0.25) is 0 Å². The van der Waals surface area contributed by atoms with Crippen LogP contribution in [0, 0.1) is 12.7 Å². The number of amides is 1. The van der Waals surface area contributed by atoms with Crippen LogP contribution in [0.15, 0.2) is 24.5 Å². The largest absolute Gasteiger partial charge is 0.474 e. The number of carboxylic acid groups (broad SMARTS) is 1. The van der Waals surface area contributed by atoms with E-state index < -0.39 is 11.9 Å². The molecular weight excluding hydrogens is 417 g/mol. The van der Waals surface area contributed by atoms with Gasteiger partial charge >= 0.3 is 6.09 Å². The van der Waals surface area contributed by atoms with Crippen molar-refractivity contribution < 1.29 is 23.8 Å². The zero-order chi connectivity index (χ0) is 22.5. The minimum absolute atomic E-state index is 0.127. The molecule has 1 aromatic heterocycles. The fourth-order valence-electron chi connectivity index (χ4n) is 3.89. The normalized spacial score (nSPS) is 19.1. The molecule has 1 atom stereocenters. The quantitative estimate of drug-likeness (QED) is 0.591. The van der Waals surface area contributed by atoms with Crippen LogP contribution in [0.2, 0.25) is 0 Å². The number of aromatic nitrogens is 2. The summed E-state index contributed by atoms with van der Waals surface area (Å²) in [6.07, 6.45) is 3.77. The molecule has 1 amide bonds. The van der Waals surface area contributed by atoms with Crippen molar-refractivity contribution >= 4 is 23.3 Å². The molecule has 32 heavy (non-hydrogen) atoms. The highest BCUT2D eigenvalue weighted by molar-refractivity contribution is 5.65. The van der Waals surface area contributed by atoms with E-state index in [2.05, 4.69) is 20.6 Å². The molecule has 2 aromatic rings. The minimum Gasteiger partial charge on any atom is -0.474 e. The van der Waals surface area contributed by atoms with E-state index >= 15 is 0 Å². The first kappa shape index (κ1) is 22.1. The minimum atomic E-state index is -0.914. The van der Waals surface area contributed by atoms with Gasteiger partial charge in [0.05, 0.1) is 17.4 Å². The topological polar surface area (TPSA) is 109 Å². The number of nitrogens with one attached hydrogen (secondary N) is 2. The number of anilines is 3. The Morgan fingerprint density at radius 3 is 2.81 bits per heavy atom. The van der Waals surface area contributed by atoms with Crippen LogP contribution >= 0.6 is 0 Å². The van der Waals surface area contributed by atoms with Gasteiger partial charge in [-0.25, -0.2) is 19.2 Å². The first-order valence-electron chi connectivity index (χ1n) is 10.9. The molecule has 4 rings (SSSR count). The Balaban J connectivity index is 1.37. The van der Waals surface area contributed by atoms with Gasteiger partial charge in [-0.1, -0.05) is 0 Å². The number of rotatable bonds is 7. The summed E-state index contributed by atoms with van der Waals surface area (Å²) in [5.41, 5.74) is 1.66. The van der Waals surface area contributed by atoms with E-state index in [4.69, 9.17) is 14.6 Å². The van der Waals surface area contributed by atoms with Gasteiger partial charge in [0.25, 0.3) is 0 Å². The third kappa shape index (κ3) is 5.37. The second kappa shape index (κ2) is 9.99. The smallest absolute Gasteiger partial charge is 0.407 e. The van der Waals surface area contributed by atoms with E-state index in [1.54, 1.807) is 13.0 Å². The van der Waals surface area contributed by atoms with Crippen LogP contribution in [0.1, 0.15) is 31.2 Å². The lowest BCUT2D eigenvalue weighted by atomic mass is 10.1. The van der Waals surface area contributed by atoms with Crippen molar-refractivity contribution in [3.8, 4) is 5.88 Å². The first-order valence-corrected chi connectivity index (χ1v) is 10.9. The Bertz CT molecular complexity index is 946. The van der Waals surface area contributed by atoms with Crippen molar-refractivity contribution in [2.75, 3.05) is 36.9 Å². The summed E-state index contributed by atoms with van der Waals surface area (Å²) in [6, 6.07) is 4.92. The van der Waals surface area contributed by atoms with Gasteiger partial charge in [0, 0.05) is 44.8 Å². The molecule has 2 aliphatic heterocycles. The molecule has 0 radical (unpaired) electrons. The summed E-state index contributed by atoms with van der Waals surface area (Å²) in [5.74, 6) is 0.465. The Labute approximate surface area is 186 Å². The van der Waals surface area contributed by atoms with Gasteiger partial charge in [-0.2, -0.15) is 0 Å². The van der Waals surface area contributed by atoms with Crippen molar-refractivity contribution in [3.63, 3.8) is 0 Å². The number of ether oxygens (including phenoxy) is 2. The molecule has 9 nitrogen and oxygen atoms in total. The van der Waals surface area contributed by atoms with Crippen molar-refractivity contribution in [1.82, 2.24) is 14.9 Å². The predicted octanol–water partition coefficient (Wildman–Crippen LogP) is 3.78. The Hall–Kier alpha value is -3.14. The number of benzene rings is 1. The summed E-state index contributed by atoms with van der Waals surface area (Å²) in [5, 5.41) is 15.3. The number of likely N-dealkylation sites (tertiary alicyclic amines) is 1. The summed E-state index contributed by atoms with van der Waals surface area (Å²) >= 11 is 0. The van der Waals surface area contributed by atoms with Crippen molar-refractivity contribution in [3.05, 3.63) is 35.9 Å². The van der Waals surface area contributed by atoms with Crippen molar-refractivity contribution in [1.29, 1.82) is 0 Å². The van der Waals surface area contributed by atoms with Crippen LogP contribution in [-0.2, 0) is 4.74 Å². The average Bonchev–Trinajstić information content (AvgIpc) is 3.31. The van der Waals surface area contributed by atoms with E-state index in [0.29, 0.717) is 61.1 Å². The van der Waals surface area contributed by atoms with E-state index in [0.717, 1.165) is 19.4 Å². The highest BCUT2D eigenvalue weighted by Gasteiger charge is 2.24. The average molecular weight is 445 g/mol. The van der Waals surface area contributed by atoms with Crippen LogP contribution in [-0.4, -0.2) is 64.5 Å². The lowest BCUT2D eigenvalue weighted by molar-refractivity contribution is 0.0866. The van der Waals surface area contributed by atoms with E-state index in [-0.39, 0.29) is 12.2 Å². The molecule has 2 fully saturated rings. The Morgan fingerprint density at radius 2 is 2.12 bits per heavy atom. The Morgan fingerprint density at radius 1 is 1.31 bits per heavy atom. The van der Waals surface area contributed by atoms with Gasteiger partial charge < -0.3 is 30.1 Å². The molecule has 0 spiro atoms. The number of hydrogen-bond donors (Lipinski definition) is 3. The highest BCUT2D eigenvalue weighted by Crippen LogP contribution is 2.28. The maximum Gasteiger partial charge on any atom is 0.407 e. The van der Waals surface area contributed by atoms with Crippen LogP contribution < -0.4 is 15.4 Å². The SMILES string of the molecule is Cc1c(Nc2ccc(NCC3CCCO3)cc2F)ncnc1OC1CCN(C(=O)O)CC1. The maximum absolute atomic E-state index is 14.7. The lowest BCUT2D eigenvalue weighted by Crippen LogP contribution is -2.41. The van der Waals surface area contributed by atoms with E-state index in [1.165, 1.54) is 17.3 Å². The summed E-state index contributed by atoms with van der Waals surface area (Å²) in [7, 11) is 0. The fourth-order valence-corrected chi connectivity index (χ4v) is 3.89. The molecule has 1 unspecified atom stereocenters. The van der Waals surface area contributed by atoms with Crippen LogP contribution in [0.5, 0.6) is 5.88 Å². The highest BCUT2D eigenvalue weighted by atomic mass is 19.1. The predicted molar refractivity (Wildman–Crippen MR) is 117 cm³/mol. The standard InChI is InChI=1S/C22H28FN5O4/c1-14-20(25-13-26-21(14)32-16-6-8-28(9-7-16)22(29)30)27-19-5-4-15(11-18(19)23)24-12-17-3-2-10-31-17/h4-5,11,13,16-17,24H,2-3,6-10,12H2,1H3,(H,29,30)(H,25,26,27).